The van der Waals surface area contributed by atoms with Gasteiger partial charge in [0.05, 0.1) is 29.7 Å². The minimum absolute atomic E-state index is 0.0571. The molecule has 1 aliphatic heterocycles. The van der Waals surface area contributed by atoms with E-state index >= 15 is 0 Å². The van der Waals surface area contributed by atoms with E-state index in [4.69, 9.17) is 9.72 Å². The minimum atomic E-state index is -0.704. The number of carbonyl (C=O) groups excluding carboxylic acids is 1. The fraction of sp³-hybridized carbons (Fsp3) is 0.464. The zero-order chi connectivity index (χ0) is 24.5. The van der Waals surface area contributed by atoms with Crippen LogP contribution < -0.4 is 4.90 Å². The molecule has 1 fully saturated rings. The average molecular weight is 476 g/mol. The Hall–Kier alpha value is -3.35. The highest BCUT2D eigenvalue weighted by atomic mass is 16.5. The second-order valence-corrected chi connectivity index (χ2v) is 9.90. The Labute approximate surface area is 205 Å². The van der Waals surface area contributed by atoms with Crippen LogP contribution in [0.15, 0.2) is 42.5 Å². The van der Waals surface area contributed by atoms with E-state index in [1.54, 1.807) is 4.90 Å². The molecular weight excluding hydrogens is 442 g/mol. The van der Waals surface area contributed by atoms with Crippen molar-refractivity contribution in [3.63, 3.8) is 0 Å². The van der Waals surface area contributed by atoms with Gasteiger partial charge < -0.3 is 14.4 Å². The predicted octanol–water partition coefficient (Wildman–Crippen LogP) is 5.54. The number of benzene rings is 2. The maximum absolute atomic E-state index is 12.6. The first-order chi connectivity index (χ1) is 17.0. The summed E-state index contributed by atoms with van der Waals surface area (Å²) in [5.74, 6) is -0.0250. The van der Waals surface area contributed by atoms with E-state index in [1.807, 2.05) is 19.1 Å². The fourth-order valence-electron chi connectivity index (χ4n) is 5.93. The second kappa shape index (κ2) is 9.72. The predicted molar refractivity (Wildman–Crippen MR) is 135 cm³/mol. The van der Waals surface area contributed by atoms with Crippen LogP contribution >= 0.6 is 0 Å². The van der Waals surface area contributed by atoms with Gasteiger partial charge in [0, 0.05) is 24.1 Å². The van der Waals surface area contributed by atoms with Gasteiger partial charge in [0.25, 0.3) is 0 Å². The Balaban J connectivity index is 1.60. The van der Waals surface area contributed by atoms with Crippen molar-refractivity contribution in [1.82, 2.24) is 9.55 Å². The third-order valence-corrected chi connectivity index (χ3v) is 7.74. The van der Waals surface area contributed by atoms with Gasteiger partial charge in [0.2, 0.25) is 0 Å². The number of ether oxygens (including phenoxy) is 1. The van der Waals surface area contributed by atoms with E-state index in [0.29, 0.717) is 6.42 Å². The highest BCUT2D eigenvalue weighted by Gasteiger charge is 2.34. The lowest BCUT2D eigenvalue weighted by Gasteiger charge is -2.34. The van der Waals surface area contributed by atoms with Crippen molar-refractivity contribution in [2.24, 2.45) is 5.92 Å². The van der Waals surface area contributed by atoms with Gasteiger partial charge in [0.1, 0.15) is 5.82 Å². The van der Waals surface area contributed by atoms with Crippen molar-refractivity contribution in [3.05, 3.63) is 59.4 Å². The lowest BCUT2D eigenvalue weighted by molar-refractivity contribution is -0.143. The van der Waals surface area contributed by atoms with Gasteiger partial charge in [-0.15, -0.1) is 0 Å². The standard InChI is InChI=1S/C28H33N3O4/c1-18-11-13-22-23(30(18)28(34)35-2)14-15-24-26(22)29-25(16-12-19-7-4-3-5-8-19)31(24)21-10-6-9-20(17-21)27(32)33/h3-5,7-8,14-15,18,20-21H,6,9-13,16-17H2,1-2H3,(H,32,33)/t18-,20-,21-/m0/s1. The van der Waals surface area contributed by atoms with Gasteiger partial charge >= 0.3 is 12.1 Å². The Morgan fingerprint density at radius 1 is 1.09 bits per heavy atom. The smallest absolute Gasteiger partial charge is 0.414 e. The molecule has 0 spiro atoms. The van der Waals surface area contributed by atoms with Crippen molar-refractivity contribution in [2.75, 3.05) is 12.0 Å². The number of carboxylic acids is 1. The number of rotatable bonds is 5. The number of fused-ring (bicyclic) bond motifs is 3. The van der Waals surface area contributed by atoms with E-state index < -0.39 is 5.97 Å². The van der Waals surface area contributed by atoms with Crippen LogP contribution in [0, 0.1) is 5.92 Å². The van der Waals surface area contributed by atoms with Crippen LogP contribution in [0.2, 0.25) is 0 Å². The molecule has 35 heavy (non-hydrogen) atoms. The molecule has 2 aromatic carbocycles. The zero-order valence-electron chi connectivity index (χ0n) is 20.4. The van der Waals surface area contributed by atoms with E-state index in [-0.39, 0.29) is 24.1 Å². The molecule has 5 rings (SSSR count). The highest BCUT2D eigenvalue weighted by molar-refractivity contribution is 5.95. The van der Waals surface area contributed by atoms with Gasteiger partial charge in [-0.25, -0.2) is 9.78 Å². The van der Waals surface area contributed by atoms with Gasteiger partial charge in [-0.05, 0) is 63.1 Å². The highest BCUT2D eigenvalue weighted by Crippen LogP contribution is 2.40. The maximum atomic E-state index is 12.6. The van der Waals surface area contributed by atoms with E-state index in [2.05, 4.69) is 34.9 Å². The van der Waals surface area contributed by atoms with Crippen LogP contribution in [0.3, 0.4) is 0 Å². The van der Waals surface area contributed by atoms with Gasteiger partial charge in [0.15, 0.2) is 0 Å². The molecule has 2 heterocycles. The Kier molecular flexibility index (Phi) is 6.50. The molecule has 3 atom stereocenters. The van der Waals surface area contributed by atoms with Crippen LogP contribution in [0.1, 0.15) is 62.0 Å². The summed E-state index contributed by atoms with van der Waals surface area (Å²) in [6.07, 6.45) is 6.20. The van der Waals surface area contributed by atoms with Crippen molar-refractivity contribution in [1.29, 1.82) is 0 Å². The topological polar surface area (TPSA) is 84.7 Å². The third-order valence-electron chi connectivity index (χ3n) is 7.74. The van der Waals surface area contributed by atoms with Crippen LogP contribution in [0.4, 0.5) is 10.5 Å². The van der Waals surface area contributed by atoms with Crippen LogP contribution in [0.25, 0.3) is 11.0 Å². The molecule has 0 bridgehead atoms. The van der Waals surface area contributed by atoms with Crippen LogP contribution in [-0.4, -0.2) is 39.9 Å². The number of anilines is 1. The average Bonchev–Trinajstić information content (AvgIpc) is 3.26. The normalized spacial score (nSPS) is 22.1. The first-order valence-corrected chi connectivity index (χ1v) is 12.6. The summed E-state index contributed by atoms with van der Waals surface area (Å²) in [6.45, 7) is 2.04. The molecule has 3 aromatic rings. The van der Waals surface area contributed by atoms with Crippen molar-refractivity contribution in [3.8, 4) is 0 Å². The summed E-state index contributed by atoms with van der Waals surface area (Å²) in [7, 11) is 1.42. The number of imidazole rings is 1. The number of aromatic nitrogens is 2. The summed E-state index contributed by atoms with van der Waals surface area (Å²) >= 11 is 0. The van der Waals surface area contributed by atoms with Gasteiger partial charge in [-0.2, -0.15) is 0 Å². The summed E-state index contributed by atoms with van der Waals surface area (Å²) in [5, 5.41) is 9.70. The molecule has 184 valence electrons. The molecule has 1 saturated carbocycles. The fourth-order valence-corrected chi connectivity index (χ4v) is 5.93. The largest absolute Gasteiger partial charge is 0.481 e. The second-order valence-electron chi connectivity index (χ2n) is 9.90. The molecule has 1 N–H and O–H groups in total. The van der Waals surface area contributed by atoms with E-state index in [1.165, 1.54) is 12.7 Å². The zero-order valence-corrected chi connectivity index (χ0v) is 20.4. The number of nitrogens with zero attached hydrogens (tertiary/aromatic N) is 3. The van der Waals surface area contributed by atoms with Gasteiger partial charge in [-0.3, -0.25) is 9.69 Å². The number of carbonyl (C=O) groups is 2. The molecule has 1 aliphatic carbocycles. The summed E-state index contributed by atoms with van der Waals surface area (Å²) < 4.78 is 7.39. The number of amides is 1. The van der Waals surface area contributed by atoms with Crippen molar-refractivity contribution >= 4 is 28.8 Å². The SMILES string of the molecule is COC(=O)N1c2ccc3c(nc(CCc4ccccc4)n3[C@H]3CCC[C@H](C(=O)O)C3)c2CC[C@@H]1C. The first-order valence-electron chi connectivity index (χ1n) is 12.6. The van der Waals surface area contributed by atoms with E-state index in [0.717, 1.165) is 73.1 Å². The Morgan fingerprint density at radius 3 is 2.63 bits per heavy atom. The molecule has 0 saturated heterocycles. The van der Waals surface area contributed by atoms with E-state index in [9.17, 15) is 14.7 Å². The summed E-state index contributed by atoms with van der Waals surface area (Å²) in [6, 6.07) is 14.6. The first kappa shape index (κ1) is 23.4. The van der Waals surface area contributed by atoms with Crippen molar-refractivity contribution < 1.29 is 19.4 Å². The maximum Gasteiger partial charge on any atom is 0.414 e. The number of aliphatic carboxylic acids is 1. The molecular formula is C28H33N3O4. The summed E-state index contributed by atoms with van der Waals surface area (Å²) in [4.78, 5) is 31.3. The molecule has 0 unspecified atom stereocenters. The lowest BCUT2D eigenvalue weighted by atomic mass is 9.85. The number of aryl methyl sites for hydroxylation is 3. The molecule has 7 heteroatoms. The number of carboxylic acid groups (broad SMARTS) is 1. The lowest BCUT2D eigenvalue weighted by Crippen LogP contribution is -2.42. The van der Waals surface area contributed by atoms with Crippen LogP contribution in [-0.2, 0) is 28.8 Å². The molecule has 1 amide bonds. The third kappa shape index (κ3) is 4.40. The number of hydrogen-bond acceptors (Lipinski definition) is 4. The van der Waals surface area contributed by atoms with Crippen molar-refractivity contribution in [2.45, 2.75) is 70.4 Å². The molecule has 7 nitrogen and oxygen atoms in total. The Morgan fingerprint density at radius 2 is 1.89 bits per heavy atom. The van der Waals surface area contributed by atoms with Crippen LogP contribution in [0.5, 0.6) is 0 Å². The molecule has 1 aromatic heterocycles. The minimum Gasteiger partial charge on any atom is -0.481 e. The molecule has 2 aliphatic rings. The molecule has 0 radical (unpaired) electrons. The summed E-state index contributed by atoms with van der Waals surface area (Å²) in [5.41, 5.74) is 5.18. The number of methoxy groups -OCH3 is 1. The quantitative estimate of drug-likeness (QED) is 0.523. The number of hydrogen-bond donors (Lipinski definition) is 1. The Bertz CT molecular complexity index is 1240. The van der Waals surface area contributed by atoms with Gasteiger partial charge in [-0.1, -0.05) is 36.8 Å². The monoisotopic (exact) mass is 475 g/mol.